The number of hydrogen-bond acceptors (Lipinski definition) is 3. The molecule has 2 saturated carbocycles. The number of hydrogen-bond donors (Lipinski definition) is 1. The Bertz CT molecular complexity index is 614. The highest BCUT2D eigenvalue weighted by Gasteiger charge is 2.40. The van der Waals surface area contributed by atoms with Crippen molar-refractivity contribution in [2.75, 3.05) is 19.3 Å². The van der Waals surface area contributed by atoms with Gasteiger partial charge in [0.2, 0.25) is 10.0 Å². The van der Waals surface area contributed by atoms with E-state index in [0.29, 0.717) is 18.2 Å². The zero-order valence-electron chi connectivity index (χ0n) is 12.5. The first kappa shape index (κ1) is 14.9. The van der Waals surface area contributed by atoms with Gasteiger partial charge in [0, 0.05) is 19.3 Å². The second-order valence-electron chi connectivity index (χ2n) is 6.72. The molecule has 4 nitrogen and oxygen atoms in total. The molecular weight excluding hydrogens is 284 g/mol. The van der Waals surface area contributed by atoms with Gasteiger partial charge in [-0.3, -0.25) is 0 Å². The van der Waals surface area contributed by atoms with Crippen LogP contribution in [-0.2, 0) is 15.8 Å². The van der Waals surface area contributed by atoms with Gasteiger partial charge in [0.15, 0.2) is 0 Å². The number of nitrogens with two attached hydrogens (primary N) is 1. The maximum absolute atomic E-state index is 12.5. The first-order valence-electron chi connectivity index (χ1n) is 7.72. The molecule has 2 N–H and O–H groups in total. The Morgan fingerprint density at radius 1 is 1.29 bits per heavy atom. The largest absolute Gasteiger partial charge is 0.399 e. The van der Waals surface area contributed by atoms with Crippen molar-refractivity contribution >= 4 is 15.7 Å². The molecule has 0 saturated heterocycles. The molecule has 1 aromatic rings. The third kappa shape index (κ3) is 3.24. The summed E-state index contributed by atoms with van der Waals surface area (Å²) < 4.78 is 26.5. The molecule has 0 aliphatic heterocycles. The maximum Gasteiger partial charge on any atom is 0.218 e. The van der Waals surface area contributed by atoms with Crippen molar-refractivity contribution in [2.45, 2.75) is 31.4 Å². The molecule has 0 radical (unpaired) electrons. The highest BCUT2D eigenvalue weighted by molar-refractivity contribution is 7.88. The SMILES string of the molecule is CN(CC1CC2CCC1C2)S(=O)(=O)Cc1cccc(N)c1. The number of nitrogens with zero attached hydrogens (tertiary/aromatic N) is 1. The van der Waals surface area contributed by atoms with Crippen molar-refractivity contribution in [1.82, 2.24) is 4.31 Å². The van der Waals surface area contributed by atoms with Crippen LogP contribution in [0.15, 0.2) is 24.3 Å². The molecule has 0 aromatic heterocycles. The van der Waals surface area contributed by atoms with E-state index < -0.39 is 10.0 Å². The summed E-state index contributed by atoms with van der Waals surface area (Å²) in [6.07, 6.45) is 5.16. The lowest BCUT2D eigenvalue weighted by Crippen LogP contribution is -2.34. The van der Waals surface area contributed by atoms with Gasteiger partial charge < -0.3 is 5.73 Å². The molecule has 2 fully saturated rings. The normalized spacial score (nSPS) is 28.4. The van der Waals surface area contributed by atoms with Gasteiger partial charge in [-0.25, -0.2) is 12.7 Å². The van der Waals surface area contributed by atoms with E-state index in [-0.39, 0.29) is 5.75 Å². The third-order valence-electron chi connectivity index (χ3n) is 5.15. The second-order valence-corrected chi connectivity index (χ2v) is 8.79. The van der Waals surface area contributed by atoms with Crippen LogP contribution in [0.4, 0.5) is 5.69 Å². The van der Waals surface area contributed by atoms with Gasteiger partial charge in [0.05, 0.1) is 5.75 Å². The minimum absolute atomic E-state index is 0.0371. The molecule has 2 bridgehead atoms. The standard InChI is InChI=1S/C16H24N2O2S/c1-18(10-15-8-12-5-6-14(15)7-12)21(19,20)11-13-3-2-4-16(17)9-13/h2-4,9,12,14-15H,5-8,10-11,17H2,1H3. The lowest BCUT2D eigenvalue weighted by atomic mass is 9.89. The number of anilines is 1. The molecule has 0 spiro atoms. The smallest absolute Gasteiger partial charge is 0.218 e. The topological polar surface area (TPSA) is 63.4 Å². The number of benzene rings is 1. The number of fused-ring (bicyclic) bond motifs is 2. The fourth-order valence-corrected chi connectivity index (χ4v) is 5.29. The van der Waals surface area contributed by atoms with Gasteiger partial charge >= 0.3 is 0 Å². The lowest BCUT2D eigenvalue weighted by molar-refractivity contribution is 0.280. The summed E-state index contributed by atoms with van der Waals surface area (Å²) in [6.45, 7) is 0.672. The average molecular weight is 308 g/mol. The predicted octanol–water partition coefficient (Wildman–Crippen LogP) is 2.47. The Balaban J connectivity index is 1.64. The summed E-state index contributed by atoms with van der Waals surface area (Å²) in [4.78, 5) is 0. The summed E-state index contributed by atoms with van der Waals surface area (Å²) in [5, 5.41) is 0. The van der Waals surface area contributed by atoms with Crippen molar-refractivity contribution in [1.29, 1.82) is 0 Å². The third-order valence-corrected chi connectivity index (χ3v) is 6.95. The molecule has 116 valence electrons. The summed E-state index contributed by atoms with van der Waals surface area (Å²) in [6, 6.07) is 7.13. The van der Waals surface area contributed by atoms with Crippen molar-refractivity contribution in [3.63, 3.8) is 0 Å². The van der Waals surface area contributed by atoms with Crippen LogP contribution in [0.1, 0.15) is 31.2 Å². The molecule has 0 heterocycles. The summed E-state index contributed by atoms with van der Waals surface area (Å²) in [5.41, 5.74) is 7.09. The Hall–Kier alpha value is -1.07. The highest BCUT2D eigenvalue weighted by Crippen LogP contribution is 2.48. The van der Waals surface area contributed by atoms with Crippen LogP contribution in [0.2, 0.25) is 0 Å². The van der Waals surface area contributed by atoms with Crippen LogP contribution in [0, 0.1) is 17.8 Å². The molecule has 5 heteroatoms. The van der Waals surface area contributed by atoms with Crippen LogP contribution >= 0.6 is 0 Å². The zero-order valence-corrected chi connectivity index (χ0v) is 13.3. The second kappa shape index (κ2) is 5.61. The van der Waals surface area contributed by atoms with Crippen molar-refractivity contribution < 1.29 is 8.42 Å². The van der Waals surface area contributed by atoms with E-state index in [1.807, 2.05) is 6.07 Å². The predicted molar refractivity (Wildman–Crippen MR) is 85.0 cm³/mol. The Kier molecular flexibility index (Phi) is 3.97. The molecule has 2 aliphatic rings. The van der Waals surface area contributed by atoms with E-state index in [1.165, 1.54) is 25.7 Å². The zero-order chi connectivity index (χ0) is 15.0. The van der Waals surface area contributed by atoms with E-state index in [2.05, 4.69) is 0 Å². The quantitative estimate of drug-likeness (QED) is 0.850. The van der Waals surface area contributed by atoms with Gasteiger partial charge in [-0.15, -0.1) is 0 Å². The summed E-state index contributed by atoms with van der Waals surface area (Å²) >= 11 is 0. The van der Waals surface area contributed by atoms with Gasteiger partial charge in [-0.05, 0) is 54.7 Å². The minimum Gasteiger partial charge on any atom is -0.399 e. The first-order chi connectivity index (χ1) is 9.94. The van der Waals surface area contributed by atoms with E-state index in [4.69, 9.17) is 5.73 Å². The first-order valence-corrected chi connectivity index (χ1v) is 9.33. The van der Waals surface area contributed by atoms with Gasteiger partial charge in [-0.2, -0.15) is 0 Å². The number of rotatable bonds is 5. The fourth-order valence-electron chi connectivity index (χ4n) is 4.05. The molecule has 2 aliphatic carbocycles. The molecule has 0 amide bonds. The molecule has 1 aromatic carbocycles. The van der Waals surface area contributed by atoms with Crippen molar-refractivity contribution in [3.8, 4) is 0 Å². The monoisotopic (exact) mass is 308 g/mol. The molecule has 3 unspecified atom stereocenters. The highest BCUT2D eigenvalue weighted by atomic mass is 32.2. The molecule has 3 atom stereocenters. The summed E-state index contributed by atoms with van der Waals surface area (Å²) in [5.74, 6) is 2.20. The van der Waals surface area contributed by atoms with Crippen molar-refractivity contribution in [3.05, 3.63) is 29.8 Å². The minimum atomic E-state index is -3.26. The van der Waals surface area contributed by atoms with Crippen LogP contribution in [-0.4, -0.2) is 26.3 Å². The van der Waals surface area contributed by atoms with Gasteiger partial charge in [-0.1, -0.05) is 18.6 Å². The van der Waals surface area contributed by atoms with E-state index >= 15 is 0 Å². The Labute approximate surface area is 127 Å². The van der Waals surface area contributed by atoms with E-state index in [0.717, 1.165) is 17.4 Å². The average Bonchev–Trinajstić information content (AvgIpc) is 3.00. The number of nitrogen functional groups attached to an aromatic ring is 1. The van der Waals surface area contributed by atoms with Crippen LogP contribution in [0.5, 0.6) is 0 Å². The lowest BCUT2D eigenvalue weighted by Gasteiger charge is -2.26. The van der Waals surface area contributed by atoms with Crippen LogP contribution in [0.3, 0.4) is 0 Å². The van der Waals surface area contributed by atoms with Crippen LogP contribution < -0.4 is 5.73 Å². The number of sulfonamides is 1. The van der Waals surface area contributed by atoms with Crippen LogP contribution in [0.25, 0.3) is 0 Å². The molecule has 21 heavy (non-hydrogen) atoms. The maximum atomic E-state index is 12.5. The van der Waals surface area contributed by atoms with E-state index in [1.54, 1.807) is 29.6 Å². The summed E-state index contributed by atoms with van der Waals surface area (Å²) in [7, 11) is -1.54. The Morgan fingerprint density at radius 2 is 2.10 bits per heavy atom. The molecular formula is C16H24N2O2S. The fraction of sp³-hybridized carbons (Fsp3) is 0.625. The van der Waals surface area contributed by atoms with Gasteiger partial charge in [0.25, 0.3) is 0 Å². The molecule has 3 rings (SSSR count). The Morgan fingerprint density at radius 3 is 2.71 bits per heavy atom. The van der Waals surface area contributed by atoms with Gasteiger partial charge in [0.1, 0.15) is 0 Å². The van der Waals surface area contributed by atoms with E-state index in [9.17, 15) is 8.42 Å². The van der Waals surface area contributed by atoms with Crippen molar-refractivity contribution in [2.24, 2.45) is 17.8 Å².